The number of rotatable bonds is 2. The van der Waals surface area contributed by atoms with Crippen LogP contribution in [-0.2, 0) is 11.3 Å². The summed E-state index contributed by atoms with van der Waals surface area (Å²) >= 11 is 0. The first-order chi connectivity index (χ1) is 13.1. The topological polar surface area (TPSA) is 32.8 Å². The van der Waals surface area contributed by atoms with Crippen LogP contribution in [-0.4, -0.2) is 48.0 Å². The van der Waals surface area contributed by atoms with Crippen molar-refractivity contribution in [1.29, 1.82) is 0 Å². The van der Waals surface area contributed by atoms with Gasteiger partial charge in [0.25, 0.3) is 0 Å². The van der Waals surface area contributed by atoms with Gasteiger partial charge in [0.2, 0.25) is 5.91 Å². The van der Waals surface area contributed by atoms with E-state index in [0.29, 0.717) is 18.5 Å². The first-order valence-corrected chi connectivity index (χ1v) is 10.8. The predicted octanol–water partition coefficient (Wildman–Crippen LogP) is 4.23. The van der Waals surface area contributed by atoms with E-state index < -0.39 is 0 Å². The molecule has 1 heterocycles. The molecule has 0 aromatic heterocycles. The second-order valence-electron chi connectivity index (χ2n) is 9.12. The fraction of sp³-hybridized carbons (Fsp3) is 0.696. The number of para-hydroxylation sites is 1. The molecule has 2 saturated carbocycles. The summed E-state index contributed by atoms with van der Waals surface area (Å²) in [6.07, 6.45) is 10.1. The highest BCUT2D eigenvalue weighted by Crippen LogP contribution is 2.40. The number of carbonyl (C=O) groups excluding carboxylic acids is 1. The molecule has 4 nitrogen and oxygen atoms in total. The summed E-state index contributed by atoms with van der Waals surface area (Å²) in [5.41, 5.74) is 0.942. The maximum Gasteiger partial charge on any atom is 0.226 e. The highest BCUT2D eigenvalue weighted by atomic mass is 16.5. The number of ether oxygens (including phenoxy) is 1. The molecule has 4 rings (SSSR count). The second-order valence-corrected chi connectivity index (χ2v) is 9.12. The molecule has 1 spiro atoms. The number of nitrogens with zero attached hydrogens (tertiary/aromatic N) is 2. The summed E-state index contributed by atoms with van der Waals surface area (Å²) in [7, 11) is 4.34. The molecule has 1 amide bonds. The third-order valence-electron chi connectivity index (χ3n) is 7.00. The predicted molar refractivity (Wildman–Crippen MR) is 108 cm³/mol. The fourth-order valence-electron chi connectivity index (χ4n) is 5.28. The Labute approximate surface area is 163 Å². The first kappa shape index (κ1) is 18.8. The van der Waals surface area contributed by atoms with Crippen LogP contribution in [0, 0.1) is 5.92 Å². The standard InChI is InChI=1S/C23H34N2O2/c1-24(2)20-12-14-23(15-13-20)17-25(22(26)18-8-4-3-5-9-18)16-19-10-6-7-11-21(19)27-23/h6-7,10-11,18,20H,3-5,8-9,12-17H2,1-2H3. The number of benzene rings is 1. The van der Waals surface area contributed by atoms with Gasteiger partial charge in [0.05, 0.1) is 6.54 Å². The quantitative estimate of drug-likeness (QED) is 0.781. The van der Waals surface area contributed by atoms with E-state index in [1.807, 2.05) is 0 Å². The summed E-state index contributed by atoms with van der Waals surface area (Å²) in [4.78, 5) is 17.8. The third kappa shape index (κ3) is 4.01. The average molecular weight is 371 g/mol. The summed E-state index contributed by atoms with van der Waals surface area (Å²) in [5.74, 6) is 1.57. The van der Waals surface area contributed by atoms with E-state index in [1.165, 1.54) is 19.3 Å². The van der Waals surface area contributed by atoms with Crippen molar-refractivity contribution in [1.82, 2.24) is 9.80 Å². The first-order valence-electron chi connectivity index (χ1n) is 10.8. The normalized spacial score (nSPS) is 29.3. The smallest absolute Gasteiger partial charge is 0.226 e. The lowest BCUT2D eigenvalue weighted by molar-refractivity contribution is -0.140. The van der Waals surface area contributed by atoms with Crippen molar-refractivity contribution in [3.8, 4) is 5.75 Å². The van der Waals surface area contributed by atoms with Crippen molar-refractivity contribution in [3.63, 3.8) is 0 Å². The van der Waals surface area contributed by atoms with Gasteiger partial charge < -0.3 is 14.5 Å². The molecule has 2 fully saturated rings. The monoisotopic (exact) mass is 370 g/mol. The third-order valence-corrected chi connectivity index (χ3v) is 7.00. The summed E-state index contributed by atoms with van der Waals surface area (Å²) < 4.78 is 6.67. The number of carbonyl (C=O) groups is 1. The highest BCUT2D eigenvalue weighted by molar-refractivity contribution is 5.79. The van der Waals surface area contributed by atoms with Crippen molar-refractivity contribution >= 4 is 5.91 Å². The zero-order valence-electron chi connectivity index (χ0n) is 17.0. The van der Waals surface area contributed by atoms with Crippen LogP contribution in [0.15, 0.2) is 24.3 Å². The van der Waals surface area contributed by atoms with E-state index in [0.717, 1.165) is 56.4 Å². The van der Waals surface area contributed by atoms with E-state index in [1.54, 1.807) is 0 Å². The minimum Gasteiger partial charge on any atom is -0.485 e. The van der Waals surface area contributed by atoms with Gasteiger partial charge in [-0.25, -0.2) is 0 Å². The minimum atomic E-state index is -0.219. The lowest BCUT2D eigenvalue weighted by Crippen LogP contribution is -2.52. The van der Waals surface area contributed by atoms with Gasteiger partial charge in [-0.3, -0.25) is 4.79 Å². The Hall–Kier alpha value is -1.55. The zero-order valence-corrected chi connectivity index (χ0v) is 17.0. The Balaban J connectivity index is 1.58. The molecule has 0 atom stereocenters. The Morgan fingerprint density at radius 3 is 2.48 bits per heavy atom. The minimum absolute atomic E-state index is 0.219. The summed E-state index contributed by atoms with van der Waals surface area (Å²) in [5, 5.41) is 0. The number of amides is 1. The molecule has 0 bridgehead atoms. The van der Waals surface area contributed by atoms with Crippen molar-refractivity contribution < 1.29 is 9.53 Å². The molecule has 1 aromatic rings. The Kier molecular flexibility index (Phi) is 5.45. The molecule has 148 valence electrons. The molecule has 0 saturated heterocycles. The van der Waals surface area contributed by atoms with Gasteiger partial charge in [0.1, 0.15) is 11.4 Å². The number of hydrogen-bond donors (Lipinski definition) is 0. The average Bonchev–Trinajstić information content (AvgIpc) is 2.85. The van der Waals surface area contributed by atoms with E-state index in [2.05, 4.69) is 48.2 Å². The molecule has 0 unspecified atom stereocenters. The maximum absolute atomic E-state index is 13.4. The van der Waals surface area contributed by atoms with Crippen molar-refractivity contribution in [3.05, 3.63) is 29.8 Å². The fourth-order valence-corrected chi connectivity index (χ4v) is 5.28. The maximum atomic E-state index is 13.4. The van der Waals surface area contributed by atoms with Crippen LogP contribution in [0.1, 0.15) is 63.4 Å². The van der Waals surface area contributed by atoms with Crippen LogP contribution in [0.3, 0.4) is 0 Å². The molecule has 4 heteroatoms. The van der Waals surface area contributed by atoms with Crippen LogP contribution in [0.5, 0.6) is 5.75 Å². The van der Waals surface area contributed by atoms with Gasteiger partial charge in [-0.15, -0.1) is 0 Å². The molecule has 27 heavy (non-hydrogen) atoms. The Morgan fingerprint density at radius 1 is 1.07 bits per heavy atom. The van der Waals surface area contributed by atoms with Crippen LogP contribution in [0.2, 0.25) is 0 Å². The van der Waals surface area contributed by atoms with Gasteiger partial charge >= 0.3 is 0 Å². The highest BCUT2D eigenvalue weighted by Gasteiger charge is 2.43. The molecular weight excluding hydrogens is 336 g/mol. The van der Waals surface area contributed by atoms with E-state index in [4.69, 9.17) is 4.74 Å². The number of hydrogen-bond acceptors (Lipinski definition) is 3. The van der Waals surface area contributed by atoms with Gasteiger partial charge in [0, 0.05) is 24.1 Å². The van der Waals surface area contributed by atoms with E-state index in [9.17, 15) is 4.79 Å². The number of fused-ring (bicyclic) bond motifs is 1. The van der Waals surface area contributed by atoms with Gasteiger partial charge in [-0.05, 0) is 58.7 Å². The molecule has 1 aromatic carbocycles. The van der Waals surface area contributed by atoms with Gasteiger partial charge in [0.15, 0.2) is 0 Å². The SMILES string of the molecule is CN(C)C1CCC2(CC1)CN(C(=O)C1CCCCC1)Cc1ccccc1O2. The summed E-state index contributed by atoms with van der Waals surface area (Å²) in [6, 6.07) is 8.95. The second kappa shape index (κ2) is 7.83. The van der Waals surface area contributed by atoms with E-state index in [-0.39, 0.29) is 11.5 Å². The summed E-state index contributed by atoms with van der Waals surface area (Å²) in [6.45, 7) is 1.45. The van der Waals surface area contributed by atoms with E-state index >= 15 is 0 Å². The molecule has 3 aliphatic rings. The van der Waals surface area contributed by atoms with Crippen molar-refractivity contribution in [2.24, 2.45) is 5.92 Å². The van der Waals surface area contributed by atoms with Crippen molar-refractivity contribution in [2.75, 3.05) is 20.6 Å². The molecule has 1 aliphatic heterocycles. The molecule has 0 radical (unpaired) electrons. The lowest BCUT2D eigenvalue weighted by Gasteiger charge is -2.43. The van der Waals surface area contributed by atoms with Gasteiger partial charge in [-0.2, -0.15) is 0 Å². The van der Waals surface area contributed by atoms with Crippen LogP contribution in [0.25, 0.3) is 0 Å². The van der Waals surface area contributed by atoms with Gasteiger partial charge in [-0.1, -0.05) is 37.5 Å². The Bertz CT molecular complexity index is 658. The zero-order chi connectivity index (χ0) is 18.9. The van der Waals surface area contributed by atoms with Crippen molar-refractivity contribution in [2.45, 2.75) is 76.0 Å². The lowest BCUT2D eigenvalue weighted by atomic mass is 9.80. The molecule has 0 N–H and O–H groups in total. The largest absolute Gasteiger partial charge is 0.485 e. The molecular formula is C23H34N2O2. The van der Waals surface area contributed by atoms with Crippen LogP contribution >= 0.6 is 0 Å². The van der Waals surface area contributed by atoms with Crippen LogP contribution in [0.4, 0.5) is 0 Å². The van der Waals surface area contributed by atoms with Crippen LogP contribution < -0.4 is 4.74 Å². The Morgan fingerprint density at radius 2 is 1.78 bits per heavy atom. The molecule has 2 aliphatic carbocycles.